The highest BCUT2D eigenvalue weighted by Gasteiger charge is 2.38. The van der Waals surface area contributed by atoms with E-state index >= 15 is 0 Å². The summed E-state index contributed by atoms with van der Waals surface area (Å²) in [5.41, 5.74) is 2.02. The number of halogens is 3. The maximum atomic E-state index is 12.3. The Morgan fingerprint density at radius 2 is 1.81 bits per heavy atom. The maximum Gasteiger partial charge on any atom is 0.490 e. The van der Waals surface area contributed by atoms with Crippen molar-refractivity contribution >= 4 is 23.2 Å². The van der Waals surface area contributed by atoms with Gasteiger partial charge in [0.25, 0.3) is 0 Å². The Morgan fingerprint density at radius 1 is 1.12 bits per heavy atom. The molecule has 32 heavy (non-hydrogen) atoms. The van der Waals surface area contributed by atoms with Gasteiger partial charge >= 0.3 is 12.1 Å². The molecule has 1 atom stereocenters. The molecule has 12 heteroatoms. The molecule has 1 amide bonds. The molecule has 4 heterocycles. The lowest BCUT2D eigenvalue weighted by atomic mass is 10.2. The molecule has 0 bridgehead atoms. The minimum atomic E-state index is -5.08. The quantitative estimate of drug-likeness (QED) is 0.758. The second-order valence-corrected chi connectivity index (χ2v) is 8.08. The summed E-state index contributed by atoms with van der Waals surface area (Å²) in [5.74, 6) is -1.57. The fourth-order valence-electron chi connectivity index (χ4n) is 3.78. The first-order valence-electron chi connectivity index (χ1n) is 10.5. The van der Waals surface area contributed by atoms with E-state index in [9.17, 15) is 18.0 Å². The summed E-state index contributed by atoms with van der Waals surface area (Å²) in [7, 11) is 0. The smallest absolute Gasteiger partial charge is 0.475 e. The van der Waals surface area contributed by atoms with Crippen LogP contribution in [0.25, 0.3) is 5.65 Å². The van der Waals surface area contributed by atoms with Crippen LogP contribution in [0.4, 0.5) is 18.9 Å². The van der Waals surface area contributed by atoms with Gasteiger partial charge in [-0.3, -0.25) is 4.79 Å². The van der Waals surface area contributed by atoms with Crippen LogP contribution in [0.2, 0.25) is 0 Å². The standard InChI is InChI=1S/C18H23N5O2.C2HF3O2/c24-18(13-3-4-13)22-9-10-25-15(12-22)17-19-16-6-5-14(11-23(16)20-17)21-7-1-2-8-21;3-2(4,5)1(6)7/h5-6,11,13,15H,1-4,7-10,12H2;(H,6,7). The van der Waals surface area contributed by atoms with E-state index in [-0.39, 0.29) is 17.9 Å². The minimum Gasteiger partial charge on any atom is -0.475 e. The molecule has 2 aromatic rings. The number of alkyl halides is 3. The number of carbonyl (C=O) groups excluding carboxylic acids is 1. The molecule has 9 nitrogen and oxygen atoms in total. The van der Waals surface area contributed by atoms with E-state index in [0.29, 0.717) is 25.5 Å². The van der Waals surface area contributed by atoms with Crippen LogP contribution in [0.3, 0.4) is 0 Å². The fourth-order valence-corrected chi connectivity index (χ4v) is 3.78. The molecule has 1 N–H and O–H groups in total. The van der Waals surface area contributed by atoms with E-state index in [2.05, 4.69) is 21.0 Å². The number of aliphatic carboxylic acids is 1. The predicted molar refractivity (Wildman–Crippen MR) is 106 cm³/mol. The van der Waals surface area contributed by atoms with Gasteiger partial charge in [-0.15, -0.1) is 5.10 Å². The average Bonchev–Trinajstić information content (AvgIpc) is 3.29. The second kappa shape index (κ2) is 8.93. The Hall–Kier alpha value is -2.89. The number of hydrogen-bond donors (Lipinski definition) is 1. The van der Waals surface area contributed by atoms with Gasteiger partial charge in [0.2, 0.25) is 5.91 Å². The predicted octanol–water partition coefficient (Wildman–Crippen LogP) is 2.27. The van der Waals surface area contributed by atoms with Gasteiger partial charge in [-0.25, -0.2) is 14.3 Å². The molecule has 2 aliphatic heterocycles. The highest BCUT2D eigenvalue weighted by atomic mass is 19.4. The lowest BCUT2D eigenvalue weighted by Gasteiger charge is -2.31. The molecule has 3 fully saturated rings. The van der Waals surface area contributed by atoms with Crippen LogP contribution < -0.4 is 4.90 Å². The third-order valence-electron chi connectivity index (χ3n) is 5.64. The first kappa shape index (κ1) is 22.3. The number of fused-ring (bicyclic) bond motifs is 1. The SMILES string of the molecule is O=C(C1CC1)N1CCOC(c2nc3ccc(N4CCCC4)cn3n2)C1.O=C(O)C(F)(F)F. The first-order valence-corrected chi connectivity index (χ1v) is 10.5. The molecule has 0 spiro atoms. The van der Waals surface area contributed by atoms with E-state index in [1.54, 1.807) is 0 Å². The Morgan fingerprint density at radius 3 is 2.44 bits per heavy atom. The summed E-state index contributed by atoms with van der Waals surface area (Å²) in [6, 6.07) is 4.13. The highest BCUT2D eigenvalue weighted by molar-refractivity contribution is 5.81. The number of hydrogen-bond acceptors (Lipinski definition) is 6. The second-order valence-electron chi connectivity index (χ2n) is 8.08. The van der Waals surface area contributed by atoms with Crippen LogP contribution in [0.15, 0.2) is 18.3 Å². The number of anilines is 1. The van der Waals surface area contributed by atoms with Crippen LogP contribution in [0, 0.1) is 5.92 Å². The number of amides is 1. The molecule has 0 aromatic carbocycles. The normalized spacial score (nSPS) is 21.4. The molecule has 1 saturated carbocycles. The van der Waals surface area contributed by atoms with E-state index < -0.39 is 12.1 Å². The lowest BCUT2D eigenvalue weighted by Crippen LogP contribution is -2.43. The van der Waals surface area contributed by atoms with Gasteiger partial charge < -0.3 is 19.6 Å². The van der Waals surface area contributed by atoms with Crippen LogP contribution in [-0.4, -0.2) is 75.4 Å². The van der Waals surface area contributed by atoms with Gasteiger partial charge in [0.1, 0.15) is 6.10 Å². The first-order chi connectivity index (χ1) is 15.2. The fraction of sp³-hybridized carbons (Fsp3) is 0.600. The van der Waals surface area contributed by atoms with E-state index in [1.165, 1.54) is 18.5 Å². The number of pyridine rings is 1. The van der Waals surface area contributed by atoms with E-state index in [0.717, 1.165) is 31.6 Å². The molecule has 5 rings (SSSR count). The molecule has 2 aromatic heterocycles. The molecule has 2 saturated heterocycles. The van der Waals surface area contributed by atoms with Crippen molar-refractivity contribution < 1.29 is 32.6 Å². The summed E-state index contributed by atoms with van der Waals surface area (Å²) in [5, 5.41) is 11.8. The van der Waals surface area contributed by atoms with Crippen molar-refractivity contribution in [3.05, 3.63) is 24.2 Å². The number of carboxylic acid groups (broad SMARTS) is 1. The number of carboxylic acids is 1. The van der Waals surface area contributed by atoms with Crippen molar-refractivity contribution in [1.29, 1.82) is 0 Å². The van der Waals surface area contributed by atoms with Crippen LogP contribution in [0.5, 0.6) is 0 Å². The van der Waals surface area contributed by atoms with Crippen molar-refractivity contribution in [3.63, 3.8) is 0 Å². The zero-order valence-electron chi connectivity index (χ0n) is 17.3. The molecular weight excluding hydrogens is 431 g/mol. The summed E-state index contributed by atoms with van der Waals surface area (Å²) >= 11 is 0. The van der Waals surface area contributed by atoms with Crippen LogP contribution in [0.1, 0.15) is 37.6 Å². The van der Waals surface area contributed by atoms with Crippen molar-refractivity contribution in [1.82, 2.24) is 19.5 Å². The Kier molecular flexibility index (Phi) is 6.22. The summed E-state index contributed by atoms with van der Waals surface area (Å²) < 4.78 is 39.4. The number of morpholine rings is 1. The molecule has 174 valence electrons. The van der Waals surface area contributed by atoms with Crippen LogP contribution in [-0.2, 0) is 14.3 Å². The maximum absolute atomic E-state index is 12.3. The third kappa shape index (κ3) is 5.12. The number of rotatable bonds is 3. The zero-order chi connectivity index (χ0) is 22.9. The molecule has 0 radical (unpaired) electrons. The highest BCUT2D eigenvalue weighted by Crippen LogP contribution is 2.32. The van der Waals surface area contributed by atoms with Crippen molar-refractivity contribution in [2.45, 2.75) is 38.0 Å². The monoisotopic (exact) mass is 455 g/mol. The van der Waals surface area contributed by atoms with Crippen LogP contribution >= 0.6 is 0 Å². The molecular formula is C20H24F3N5O4. The van der Waals surface area contributed by atoms with E-state index in [4.69, 9.17) is 14.6 Å². The van der Waals surface area contributed by atoms with E-state index in [1.807, 2.05) is 21.7 Å². The molecule has 1 unspecified atom stereocenters. The zero-order valence-corrected chi connectivity index (χ0v) is 17.3. The van der Waals surface area contributed by atoms with Gasteiger partial charge in [0.15, 0.2) is 11.5 Å². The third-order valence-corrected chi connectivity index (χ3v) is 5.64. The summed E-state index contributed by atoms with van der Waals surface area (Å²) in [6.07, 6.45) is 1.31. The lowest BCUT2D eigenvalue weighted by molar-refractivity contribution is -0.192. The Labute approximate surface area is 181 Å². The topological polar surface area (TPSA) is 100 Å². The van der Waals surface area contributed by atoms with Gasteiger partial charge in [-0.1, -0.05) is 0 Å². The van der Waals surface area contributed by atoms with Gasteiger partial charge in [-0.05, 0) is 37.8 Å². The number of carbonyl (C=O) groups is 2. The molecule has 3 aliphatic rings. The molecule has 1 aliphatic carbocycles. The number of ether oxygens (including phenoxy) is 1. The Bertz CT molecular complexity index is 985. The Balaban J connectivity index is 0.000000307. The van der Waals surface area contributed by atoms with Crippen molar-refractivity contribution in [2.24, 2.45) is 5.92 Å². The minimum absolute atomic E-state index is 0.230. The summed E-state index contributed by atoms with van der Waals surface area (Å²) in [6.45, 7) is 4.01. The number of aromatic nitrogens is 3. The summed E-state index contributed by atoms with van der Waals surface area (Å²) in [4.78, 5) is 30.2. The number of nitrogens with zero attached hydrogens (tertiary/aromatic N) is 5. The average molecular weight is 455 g/mol. The van der Waals surface area contributed by atoms with Crippen molar-refractivity contribution in [2.75, 3.05) is 37.7 Å². The van der Waals surface area contributed by atoms with Gasteiger partial charge in [0, 0.05) is 25.6 Å². The van der Waals surface area contributed by atoms with Gasteiger partial charge in [-0.2, -0.15) is 13.2 Å². The largest absolute Gasteiger partial charge is 0.490 e. The van der Waals surface area contributed by atoms with Gasteiger partial charge in [0.05, 0.1) is 25.0 Å². The van der Waals surface area contributed by atoms with Crippen molar-refractivity contribution in [3.8, 4) is 0 Å².